The van der Waals surface area contributed by atoms with Crippen LogP contribution in [-0.2, 0) is 10.8 Å². The number of rotatable bonds is 6. The van der Waals surface area contributed by atoms with Crippen molar-refractivity contribution in [3.05, 3.63) is 336 Å². The molecule has 0 heterocycles. The molecule has 4 aliphatic carbocycles. The van der Waals surface area contributed by atoms with Gasteiger partial charge >= 0.3 is 0 Å². The molecule has 2 heteroatoms. The van der Waals surface area contributed by atoms with E-state index in [1.165, 1.54) is 134 Å². The maximum Gasteiger partial charge on any atom is 0.0726 e. The Labute approximate surface area is 457 Å². The summed E-state index contributed by atoms with van der Waals surface area (Å²) in [5, 5.41) is 0. The third kappa shape index (κ3) is 6.50. The van der Waals surface area contributed by atoms with Crippen LogP contribution in [0, 0.1) is 0 Å². The molecule has 2 spiro atoms. The molecule has 0 radical (unpaired) electrons. The van der Waals surface area contributed by atoms with Gasteiger partial charge in [-0.15, -0.1) is 0 Å². The van der Waals surface area contributed by atoms with E-state index in [4.69, 9.17) is 0 Å². The fraction of sp³-hybridized carbons (Fsp3) is 0.0526. The zero-order valence-corrected chi connectivity index (χ0v) is 43.6. The predicted molar refractivity (Wildman–Crippen MR) is 325 cm³/mol. The highest BCUT2D eigenvalue weighted by Crippen LogP contribution is 2.66. The second-order valence-electron chi connectivity index (χ2n) is 21.1. The van der Waals surface area contributed by atoms with Crippen LogP contribution in [0.1, 0.15) is 44.5 Å². The maximum atomic E-state index is 2.35. The molecule has 4 aliphatic rings. The summed E-state index contributed by atoms with van der Waals surface area (Å²) in [7, 11) is 4.39. The van der Waals surface area contributed by atoms with Crippen molar-refractivity contribution in [2.45, 2.75) is 10.8 Å². The smallest absolute Gasteiger partial charge is 0.0726 e. The molecule has 0 aliphatic heterocycles. The first-order valence-electron chi connectivity index (χ1n) is 27.2. The number of benzene rings is 12. The third-order valence-corrected chi connectivity index (χ3v) is 17.4. The normalized spacial score (nSPS) is 13.5. The Balaban J connectivity index is 0.000000136. The fourth-order valence-corrected chi connectivity index (χ4v) is 14.1. The van der Waals surface area contributed by atoms with Crippen LogP contribution in [0.4, 0.5) is 22.7 Å². The van der Waals surface area contributed by atoms with Gasteiger partial charge in [-0.1, -0.05) is 255 Å². The monoisotopic (exact) mass is 994 g/mol. The number of hydrogen-bond acceptors (Lipinski definition) is 2. The summed E-state index contributed by atoms with van der Waals surface area (Å²) in [6, 6.07) is 107. The summed E-state index contributed by atoms with van der Waals surface area (Å²) in [6.45, 7) is 0. The van der Waals surface area contributed by atoms with Crippen LogP contribution in [-0.4, -0.2) is 14.1 Å². The van der Waals surface area contributed by atoms with Gasteiger partial charge in [0.25, 0.3) is 0 Å². The highest BCUT2D eigenvalue weighted by Gasteiger charge is 2.53. The van der Waals surface area contributed by atoms with Gasteiger partial charge in [-0.2, -0.15) is 0 Å². The van der Waals surface area contributed by atoms with Crippen LogP contribution < -0.4 is 9.80 Å². The average Bonchev–Trinajstić information content (AvgIpc) is 4.33. The summed E-state index contributed by atoms with van der Waals surface area (Å²) in [5.74, 6) is 0. The first-order chi connectivity index (χ1) is 38.6. The second-order valence-corrected chi connectivity index (χ2v) is 21.1. The minimum absolute atomic E-state index is 0.312. The lowest BCUT2D eigenvalue weighted by molar-refractivity contribution is 0.793. The summed E-state index contributed by atoms with van der Waals surface area (Å²) >= 11 is 0. The van der Waals surface area contributed by atoms with Gasteiger partial charge in [0.15, 0.2) is 0 Å². The van der Waals surface area contributed by atoms with E-state index in [1.54, 1.807) is 0 Å². The van der Waals surface area contributed by atoms with Gasteiger partial charge in [-0.25, -0.2) is 0 Å². The van der Waals surface area contributed by atoms with Gasteiger partial charge < -0.3 is 9.80 Å². The zero-order chi connectivity index (χ0) is 52.0. The SMILES string of the molecule is CN(c1ccc(-c2ccccc2)cc1)c1cccc2c1-c1ccccc1C21c2ccccc2-c2ccccc21.CN(c1cccc(-c2ccccc2)c1)c1cccc2c1-c1ccccc1C21c2ccccc2-c2ccccc21. The fourth-order valence-electron chi connectivity index (χ4n) is 14.1. The minimum atomic E-state index is -0.318. The highest BCUT2D eigenvalue weighted by molar-refractivity contribution is 6.01. The van der Waals surface area contributed by atoms with E-state index >= 15 is 0 Å². The molecule has 0 saturated carbocycles. The lowest BCUT2D eigenvalue weighted by atomic mass is 9.70. The Morgan fingerprint density at radius 1 is 0.218 bits per heavy atom. The van der Waals surface area contributed by atoms with E-state index in [9.17, 15) is 0 Å². The lowest BCUT2D eigenvalue weighted by Crippen LogP contribution is -2.26. The van der Waals surface area contributed by atoms with E-state index < -0.39 is 0 Å². The van der Waals surface area contributed by atoms with E-state index in [0.717, 1.165) is 0 Å². The van der Waals surface area contributed by atoms with Gasteiger partial charge in [0.05, 0.1) is 10.8 Å². The molecule has 0 aromatic heterocycles. The summed E-state index contributed by atoms with van der Waals surface area (Å²) < 4.78 is 0. The van der Waals surface area contributed by atoms with Gasteiger partial charge in [0.1, 0.15) is 0 Å². The molecule has 0 saturated heterocycles. The largest absolute Gasteiger partial charge is 0.344 e. The second kappa shape index (κ2) is 17.9. The molecular formula is C76H54N2. The maximum absolute atomic E-state index is 2.35. The number of nitrogens with zero attached hydrogens (tertiary/aromatic N) is 2. The molecule has 0 fully saturated rings. The molecule has 368 valence electrons. The molecule has 0 unspecified atom stereocenters. The van der Waals surface area contributed by atoms with Crippen molar-refractivity contribution >= 4 is 22.7 Å². The van der Waals surface area contributed by atoms with Crippen molar-refractivity contribution < 1.29 is 0 Å². The molecule has 0 bridgehead atoms. The van der Waals surface area contributed by atoms with Crippen LogP contribution in [0.5, 0.6) is 0 Å². The van der Waals surface area contributed by atoms with E-state index in [2.05, 4.69) is 315 Å². The highest BCUT2D eigenvalue weighted by atomic mass is 15.1. The van der Waals surface area contributed by atoms with Crippen molar-refractivity contribution in [1.29, 1.82) is 0 Å². The summed E-state index contributed by atoms with van der Waals surface area (Å²) in [5.41, 5.74) is 30.7. The van der Waals surface area contributed by atoms with Crippen LogP contribution >= 0.6 is 0 Å². The van der Waals surface area contributed by atoms with Crippen LogP contribution in [0.15, 0.2) is 291 Å². The Morgan fingerprint density at radius 2 is 0.513 bits per heavy atom. The zero-order valence-electron chi connectivity index (χ0n) is 43.6. The van der Waals surface area contributed by atoms with Crippen molar-refractivity contribution in [1.82, 2.24) is 0 Å². The van der Waals surface area contributed by atoms with Crippen LogP contribution in [0.3, 0.4) is 0 Å². The summed E-state index contributed by atoms with van der Waals surface area (Å²) in [4.78, 5) is 4.70. The Hall–Kier alpha value is -9.76. The summed E-state index contributed by atoms with van der Waals surface area (Å²) in [6.07, 6.45) is 0. The first kappa shape index (κ1) is 45.6. The van der Waals surface area contributed by atoms with Crippen molar-refractivity contribution in [3.63, 3.8) is 0 Å². The molecule has 78 heavy (non-hydrogen) atoms. The molecule has 16 rings (SSSR count). The minimum Gasteiger partial charge on any atom is -0.344 e. The third-order valence-electron chi connectivity index (χ3n) is 17.4. The molecule has 0 N–H and O–H groups in total. The Morgan fingerprint density at radius 3 is 0.936 bits per heavy atom. The van der Waals surface area contributed by atoms with Crippen molar-refractivity contribution in [2.75, 3.05) is 23.9 Å². The van der Waals surface area contributed by atoms with Gasteiger partial charge in [-0.05, 0) is 137 Å². The molecule has 12 aromatic rings. The van der Waals surface area contributed by atoms with Crippen LogP contribution in [0.25, 0.3) is 66.8 Å². The van der Waals surface area contributed by atoms with Gasteiger partial charge in [0, 0.05) is 48.0 Å². The van der Waals surface area contributed by atoms with Crippen molar-refractivity contribution in [2.24, 2.45) is 0 Å². The van der Waals surface area contributed by atoms with E-state index in [-0.39, 0.29) is 10.8 Å². The Kier molecular flexibility index (Phi) is 10.5. The number of hydrogen-bond donors (Lipinski definition) is 0. The van der Waals surface area contributed by atoms with Crippen LogP contribution in [0.2, 0.25) is 0 Å². The Bertz CT molecular complexity index is 4210. The first-order valence-corrected chi connectivity index (χ1v) is 27.2. The van der Waals surface area contributed by atoms with Gasteiger partial charge in [-0.3, -0.25) is 0 Å². The number of anilines is 4. The number of fused-ring (bicyclic) bond motifs is 20. The standard InChI is InChI=1S/2C38H27N/c1-39(28-16-11-15-27(25-28)26-13-3-2-4-14-26)36-24-12-23-35-37(36)31-19-7-10-22-34(31)38(35)32-20-8-5-17-29(32)30-18-6-9-21-33(30)38;1-39(28-24-22-27(23-25-28)26-12-3-2-4-13-26)36-21-11-20-35-37(36)31-16-7-10-19-34(31)38(35)32-17-8-5-14-29(32)30-15-6-9-18-33(30)38/h2*2-25H,1H3. The average molecular weight is 995 g/mol. The topological polar surface area (TPSA) is 6.48 Å². The quantitative estimate of drug-likeness (QED) is 0.164. The predicted octanol–water partition coefficient (Wildman–Crippen LogP) is 18.9. The molecule has 0 atom stereocenters. The molecule has 2 nitrogen and oxygen atoms in total. The van der Waals surface area contributed by atoms with Crippen molar-refractivity contribution in [3.8, 4) is 66.8 Å². The van der Waals surface area contributed by atoms with E-state index in [0.29, 0.717) is 0 Å². The molecule has 12 aromatic carbocycles. The lowest BCUT2D eigenvalue weighted by Gasteiger charge is -2.31. The van der Waals surface area contributed by atoms with Gasteiger partial charge in [0.2, 0.25) is 0 Å². The van der Waals surface area contributed by atoms with E-state index in [1.807, 2.05) is 0 Å². The molecule has 0 amide bonds. The molecular weight excluding hydrogens is 941 g/mol.